The van der Waals surface area contributed by atoms with Gasteiger partial charge in [-0.1, -0.05) is 57.2 Å². The Labute approximate surface area is 220 Å². The molecule has 2 aromatic carbocycles. The summed E-state index contributed by atoms with van der Waals surface area (Å²) in [6.07, 6.45) is 6.69. The van der Waals surface area contributed by atoms with Crippen LogP contribution in [0.5, 0.6) is 0 Å². The van der Waals surface area contributed by atoms with E-state index < -0.39 is 8.32 Å². The highest BCUT2D eigenvalue weighted by Gasteiger charge is 2.41. The van der Waals surface area contributed by atoms with Crippen LogP contribution in [0, 0.1) is 5.82 Å². The number of benzene rings is 2. The van der Waals surface area contributed by atoms with Gasteiger partial charge in [0.15, 0.2) is 8.32 Å². The van der Waals surface area contributed by atoms with Gasteiger partial charge in [0.25, 0.3) is 0 Å². The van der Waals surface area contributed by atoms with E-state index in [1.54, 1.807) is 0 Å². The summed E-state index contributed by atoms with van der Waals surface area (Å²) < 4.78 is 26.1. The predicted molar refractivity (Wildman–Crippen MR) is 149 cm³/mol. The normalized spacial score (nSPS) is 21.0. The van der Waals surface area contributed by atoms with Gasteiger partial charge in [-0.15, -0.1) is 0 Å². The Morgan fingerprint density at radius 3 is 2.46 bits per heavy atom. The lowest BCUT2D eigenvalue weighted by Crippen LogP contribution is -2.46. The van der Waals surface area contributed by atoms with Crippen LogP contribution in [0.1, 0.15) is 63.6 Å². The molecule has 1 aliphatic heterocycles. The molecule has 2 atom stereocenters. The van der Waals surface area contributed by atoms with Crippen LogP contribution in [0.4, 0.5) is 4.39 Å². The summed E-state index contributed by atoms with van der Waals surface area (Å²) >= 11 is 0. The molecule has 0 N–H and O–H groups in total. The molecule has 1 aliphatic carbocycles. The van der Waals surface area contributed by atoms with Crippen LogP contribution in [-0.2, 0) is 14.0 Å². The molecule has 5 rings (SSSR count). The molecular formula is C31H36FNO3Si. The van der Waals surface area contributed by atoms with Gasteiger partial charge in [0, 0.05) is 28.9 Å². The zero-order valence-corrected chi connectivity index (χ0v) is 23.4. The van der Waals surface area contributed by atoms with Crippen LogP contribution in [0.2, 0.25) is 18.1 Å². The second kappa shape index (κ2) is 9.80. The molecule has 1 saturated carbocycles. The van der Waals surface area contributed by atoms with Crippen LogP contribution in [0.15, 0.2) is 54.6 Å². The molecule has 2 fully saturated rings. The topological polar surface area (TPSA) is 48.4 Å². The quantitative estimate of drug-likeness (QED) is 0.245. The van der Waals surface area contributed by atoms with E-state index in [0.29, 0.717) is 18.8 Å². The first-order chi connectivity index (χ1) is 17.5. The molecular weight excluding hydrogens is 481 g/mol. The average Bonchev–Trinajstić information content (AvgIpc) is 3.67. The van der Waals surface area contributed by atoms with Gasteiger partial charge in [0.05, 0.1) is 23.7 Å². The molecule has 0 spiro atoms. The van der Waals surface area contributed by atoms with Crippen molar-refractivity contribution in [1.29, 1.82) is 0 Å². The van der Waals surface area contributed by atoms with Gasteiger partial charge in [-0.25, -0.2) is 4.39 Å². The second-order valence-corrected chi connectivity index (χ2v) is 16.7. The third kappa shape index (κ3) is 5.55. The van der Waals surface area contributed by atoms with Gasteiger partial charge in [-0.2, -0.15) is 0 Å². The molecule has 0 unspecified atom stereocenters. The van der Waals surface area contributed by atoms with Crippen molar-refractivity contribution in [3.8, 4) is 11.1 Å². The fourth-order valence-electron chi connectivity index (χ4n) is 4.81. The number of pyridine rings is 1. The number of halogens is 1. The van der Waals surface area contributed by atoms with E-state index in [-0.39, 0.29) is 29.0 Å². The number of ether oxygens (including phenoxy) is 1. The smallest absolute Gasteiger partial charge is 0.308 e. The highest BCUT2D eigenvalue weighted by Crippen LogP contribution is 2.45. The van der Waals surface area contributed by atoms with E-state index in [1.807, 2.05) is 36.4 Å². The lowest BCUT2D eigenvalue weighted by Gasteiger charge is -2.40. The third-order valence-electron chi connectivity index (χ3n) is 7.97. The standard InChI is InChI=1S/C31H36FNO3Si/c1-31(2,3)37(4,5)36-24-18-23(35-28(34)19-24)16-17-26-29(20-12-14-22(32)15-13-20)25-8-6-7-9-27(25)33-30(26)21-10-11-21/h6-9,12-17,21,23-24H,10-11,18-19H2,1-5H3/b17-16+/t23-,24-/m1/s1. The Bertz CT molecular complexity index is 1340. The van der Waals surface area contributed by atoms with Crippen LogP contribution in [0.3, 0.4) is 0 Å². The molecule has 6 heteroatoms. The highest BCUT2D eigenvalue weighted by atomic mass is 28.4. The maximum absolute atomic E-state index is 13.8. The zero-order valence-electron chi connectivity index (χ0n) is 22.4. The summed E-state index contributed by atoms with van der Waals surface area (Å²) in [5.41, 5.74) is 5.01. The van der Waals surface area contributed by atoms with Crippen LogP contribution in [-0.4, -0.2) is 31.5 Å². The van der Waals surface area contributed by atoms with Crippen molar-refractivity contribution in [2.24, 2.45) is 0 Å². The summed E-state index contributed by atoms with van der Waals surface area (Å²) in [5.74, 6) is -0.0713. The molecule has 194 valence electrons. The Morgan fingerprint density at radius 1 is 1.08 bits per heavy atom. The van der Waals surface area contributed by atoms with Crippen LogP contribution >= 0.6 is 0 Å². The number of rotatable bonds is 6. The summed E-state index contributed by atoms with van der Waals surface area (Å²) in [6.45, 7) is 11.1. The first-order valence-corrected chi connectivity index (χ1v) is 16.2. The molecule has 37 heavy (non-hydrogen) atoms. The van der Waals surface area contributed by atoms with E-state index in [9.17, 15) is 9.18 Å². The zero-order chi connectivity index (χ0) is 26.4. The van der Waals surface area contributed by atoms with Crippen molar-refractivity contribution in [3.63, 3.8) is 0 Å². The molecule has 2 heterocycles. The fraction of sp³-hybridized carbons (Fsp3) is 0.419. The number of hydrogen-bond donors (Lipinski definition) is 0. The molecule has 4 nitrogen and oxygen atoms in total. The average molecular weight is 518 g/mol. The summed E-state index contributed by atoms with van der Waals surface area (Å²) in [7, 11) is -2.01. The molecule has 1 saturated heterocycles. The number of nitrogens with zero attached hydrogens (tertiary/aromatic N) is 1. The van der Waals surface area contributed by atoms with Gasteiger partial charge >= 0.3 is 5.97 Å². The van der Waals surface area contributed by atoms with Crippen molar-refractivity contribution in [3.05, 3.63) is 71.7 Å². The van der Waals surface area contributed by atoms with Crippen LogP contribution < -0.4 is 0 Å². The summed E-state index contributed by atoms with van der Waals surface area (Å²) in [6, 6.07) is 14.8. The van der Waals surface area contributed by atoms with E-state index in [1.165, 1.54) is 12.1 Å². The van der Waals surface area contributed by atoms with Gasteiger partial charge in [-0.05, 0) is 60.8 Å². The minimum Gasteiger partial charge on any atom is -0.458 e. The predicted octanol–water partition coefficient (Wildman–Crippen LogP) is 8.03. The fourth-order valence-corrected chi connectivity index (χ4v) is 6.17. The molecule has 0 amide bonds. The molecule has 0 radical (unpaired) electrons. The first-order valence-electron chi connectivity index (χ1n) is 13.3. The van der Waals surface area contributed by atoms with E-state index in [4.69, 9.17) is 14.1 Å². The van der Waals surface area contributed by atoms with Gasteiger partial charge in [0.1, 0.15) is 11.9 Å². The van der Waals surface area contributed by atoms with Gasteiger partial charge < -0.3 is 9.16 Å². The number of carbonyl (C=O) groups is 1. The van der Waals surface area contributed by atoms with E-state index in [2.05, 4.69) is 46.0 Å². The molecule has 3 aromatic rings. The summed E-state index contributed by atoms with van der Waals surface area (Å²) in [5, 5.41) is 1.09. The maximum atomic E-state index is 13.8. The Hall–Kier alpha value is -2.83. The van der Waals surface area contributed by atoms with Crippen molar-refractivity contribution in [2.75, 3.05) is 0 Å². The number of hydrogen-bond acceptors (Lipinski definition) is 4. The van der Waals surface area contributed by atoms with Crippen molar-refractivity contribution >= 4 is 31.3 Å². The molecule has 2 aliphatic rings. The summed E-state index contributed by atoms with van der Waals surface area (Å²) in [4.78, 5) is 17.6. The largest absolute Gasteiger partial charge is 0.458 e. The van der Waals surface area contributed by atoms with E-state index >= 15 is 0 Å². The number of carbonyl (C=O) groups excluding carboxylic acids is 1. The van der Waals surface area contributed by atoms with Gasteiger partial charge in [-0.3, -0.25) is 9.78 Å². The Balaban J connectivity index is 1.53. The maximum Gasteiger partial charge on any atom is 0.308 e. The minimum atomic E-state index is -2.01. The Kier molecular flexibility index (Phi) is 6.84. The number of cyclic esters (lactones) is 1. The highest BCUT2D eigenvalue weighted by molar-refractivity contribution is 6.74. The monoisotopic (exact) mass is 517 g/mol. The molecule has 1 aromatic heterocycles. The lowest BCUT2D eigenvalue weighted by molar-refractivity contribution is -0.155. The number of para-hydroxylation sites is 1. The number of aromatic nitrogens is 1. The number of esters is 1. The second-order valence-electron chi connectivity index (χ2n) is 11.9. The SMILES string of the molecule is CC(C)(C)[Si](C)(C)O[C@H]1CC(=O)O[C@H](/C=C/c2c(C3CC3)nc3ccccc3c2-c2ccc(F)cc2)C1. The third-order valence-corrected chi connectivity index (χ3v) is 12.5. The van der Waals surface area contributed by atoms with Gasteiger partial charge in [0.2, 0.25) is 0 Å². The van der Waals surface area contributed by atoms with Crippen molar-refractivity contribution in [1.82, 2.24) is 4.98 Å². The Morgan fingerprint density at radius 2 is 1.78 bits per heavy atom. The number of fused-ring (bicyclic) bond motifs is 1. The van der Waals surface area contributed by atoms with Crippen molar-refractivity contribution < 1.29 is 18.3 Å². The van der Waals surface area contributed by atoms with Crippen LogP contribution in [0.25, 0.3) is 28.1 Å². The first kappa shape index (κ1) is 25.8. The minimum absolute atomic E-state index is 0.0691. The van der Waals surface area contributed by atoms with E-state index in [0.717, 1.165) is 46.1 Å². The van der Waals surface area contributed by atoms with Crippen molar-refractivity contribution in [2.45, 2.75) is 82.7 Å². The lowest BCUT2D eigenvalue weighted by atomic mass is 9.92. The molecule has 0 bridgehead atoms.